The number of nitrogens with one attached hydrogen (secondary N) is 1. The topological polar surface area (TPSA) is 49.4 Å². The number of likely N-dealkylation sites (N-methyl/N-ethyl adjacent to an activating group) is 1. The van der Waals surface area contributed by atoms with Gasteiger partial charge in [0.25, 0.3) is 0 Å². The molecule has 14 heavy (non-hydrogen) atoms. The highest BCUT2D eigenvalue weighted by Crippen LogP contribution is 1.91. The second kappa shape index (κ2) is 6.40. The van der Waals surface area contributed by atoms with Gasteiger partial charge in [-0.15, -0.1) is 0 Å². The van der Waals surface area contributed by atoms with Crippen LogP contribution in [0.5, 0.6) is 0 Å². The van der Waals surface area contributed by atoms with Crippen LogP contribution in [0.4, 0.5) is 0 Å². The van der Waals surface area contributed by atoms with Crippen LogP contribution >= 0.6 is 0 Å². The van der Waals surface area contributed by atoms with Gasteiger partial charge in [-0.3, -0.25) is 9.59 Å². The van der Waals surface area contributed by atoms with Crippen LogP contribution in [0.25, 0.3) is 0 Å². The minimum Gasteiger partial charge on any atom is -0.347 e. The average Bonchev–Trinajstić information content (AvgIpc) is 2.15. The molecule has 0 aliphatic carbocycles. The van der Waals surface area contributed by atoms with Gasteiger partial charge >= 0.3 is 0 Å². The Morgan fingerprint density at radius 2 is 1.71 bits per heavy atom. The van der Waals surface area contributed by atoms with Gasteiger partial charge in [-0.05, 0) is 13.8 Å². The number of carbonyl (C=O) groups excluding carboxylic acids is 2. The summed E-state index contributed by atoms with van der Waals surface area (Å²) in [5, 5.41) is 2.60. The summed E-state index contributed by atoms with van der Waals surface area (Å²) in [4.78, 5) is 24.3. The highest BCUT2D eigenvalue weighted by Gasteiger charge is 2.12. The second-order valence-electron chi connectivity index (χ2n) is 3.44. The zero-order chi connectivity index (χ0) is 11.1. The maximum Gasteiger partial charge on any atom is 0.241 e. The Hall–Kier alpha value is -1.06. The van der Waals surface area contributed by atoms with E-state index in [0.29, 0.717) is 13.1 Å². The third kappa shape index (κ3) is 4.25. The van der Waals surface area contributed by atoms with Crippen LogP contribution in [0.3, 0.4) is 0 Å². The molecular formula is C10H20N2O2. The summed E-state index contributed by atoms with van der Waals surface area (Å²) in [5.41, 5.74) is 0. The van der Waals surface area contributed by atoms with Gasteiger partial charge < -0.3 is 10.2 Å². The summed E-state index contributed by atoms with van der Waals surface area (Å²) in [6, 6.07) is 0. The number of carbonyl (C=O) groups is 2. The summed E-state index contributed by atoms with van der Waals surface area (Å²) >= 11 is 0. The summed E-state index contributed by atoms with van der Waals surface area (Å²) in [5.74, 6) is -0.172. The standard InChI is InChI=1S/C10H20N2O2/c1-5-12(6-2)9(13)7-11-10(14)8(3)4/h8H,5-7H2,1-4H3,(H,11,14). The fraction of sp³-hybridized carbons (Fsp3) is 0.800. The van der Waals surface area contributed by atoms with E-state index in [0.717, 1.165) is 0 Å². The lowest BCUT2D eigenvalue weighted by Gasteiger charge is -2.19. The van der Waals surface area contributed by atoms with Crippen molar-refractivity contribution in [3.63, 3.8) is 0 Å². The Morgan fingerprint density at radius 1 is 1.21 bits per heavy atom. The lowest BCUT2D eigenvalue weighted by Crippen LogP contribution is -2.41. The van der Waals surface area contributed by atoms with Crippen molar-refractivity contribution in [2.24, 2.45) is 5.92 Å². The lowest BCUT2D eigenvalue weighted by atomic mass is 10.2. The van der Waals surface area contributed by atoms with Crippen LogP contribution in [0.2, 0.25) is 0 Å². The van der Waals surface area contributed by atoms with Crippen LogP contribution in [-0.2, 0) is 9.59 Å². The number of rotatable bonds is 5. The molecule has 0 unspecified atom stereocenters. The fourth-order valence-electron chi connectivity index (χ4n) is 1.05. The fourth-order valence-corrected chi connectivity index (χ4v) is 1.05. The van der Waals surface area contributed by atoms with Gasteiger partial charge in [-0.2, -0.15) is 0 Å². The largest absolute Gasteiger partial charge is 0.347 e. The van der Waals surface area contributed by atoms with Crippen molar-refractivity contribution < 1.29 is 9.59 Å². The summed E-state index contributed by atoms with van der Waals surface area (Å²) in [7, 11) is 0. The van der Waals surface area contributed by atoms with Gasteiger partial charge in [0, 0.05) is 19.0 Å². The number of nitrogens with zero attached hydrogens (tertiary/aromatic N) is 1. The second-order valence-corrected chi connectivity index (χ2v) is 3.44. The van der Waals surface area contributed by atoms with Crippen molar-refractivity contribution in [3.8, 4) is 0 Å². The van der Waals surface area contributed by atoms with Gasteiger partial charge in [0.15, 0.2) is 0 Å². The Morgan fingerprint density at radius 3 is 2.07 bits per heavy atom. The quantitative estimate of drug-likeness (QED) is 0.707. The molecule has 82 valence electrons. The van der Waals surface area contributed by atoms with Crippen molar-refractivity contribution in [2.45, 2.75) is 27.7 Å². The van der Waals surface area contributed by atoms with E-state index < -0.39 is 0 Å². The molecule has 0 spiro atoms. The molecule has 0 bridgehead atoms. The van der Waals surface area contributed by atoms with Crippen LogP contribution in [0.15, 0.2) is 0 Å². The third-order valence-corrected chi connectivity index (χ3v) is 2.05. The van der Waals surface area contributed by atoms with E-state index in [9.17, 15) is 9.59 Å². The molecular weight excluding hydrogens is 180 g/mol. The number of hydrogen-bond acceptors (Lipinski definition) is 2. The molecule has 0 saturated heterocycles. The molecule has 0 aliphatic heterocycles. The van der Waals surface area contributed by atoms with E-state index in [1.165, 1.54) is 0 Å². The number of amides is 2. The van der Waals surface area contributed by atoms with Gasteiger partial charge in [-0.25, -0.2) is 0 Å². The maximum absolute atomic E-state index is 11.4. The SMILES string of the molecule is CCN(CC)C(=O)CNC(=O)C(C)C. The Kier molecular flexibility index (Phi) is 5.92. The van der Waals surface area contributed by atoms with Crippen molar-refractivity contribution >= 4 is 11.8 Å². The highest BCUT2D eigenvalue weighted by molar-refractivity contribution is 5.85. The van der Waals surface area contributed by atoms with E-state index in [-0.39, 0.29) is 24.3 Å². The Labute approximate surface area is 85.7 Å². The first-order chi connectivity index (χ1) is 6.52. The molecule has 0 radical (unpaired) electrons. The Balaban J connectivity index is 3.89. The van der Waals surface area contributed by atoms with Crippen molar-refractivity contribution in [1.82, 2.24) is 10.2 Å². The van der Waals surface area contributed by atoms with Gasteiger partial charge in [0.05, 0.1) is 6.54 Å². The van der Waals surface area contributed by atoms with Crippen LogP contribution in [0.1, 0.15) is 27.7 Å². The third-order valence-electron chi connectivity index (χ3n) is 2.05. The lowest BCUT2D eigenvalue weighted by molar-refractivity contribution is -0.133. The molecule has 4 nitrogen and oxygen atoms in total. The predicted molar refractivity (Wildman–Crippen MR) is 55.8 cm³/mol. The van der Waals surface area contributed by atoms with E-state index in [2.05, 4.69) is 5.32 Å². The van der Waals surface area contributed by atoms with Crippen LogP contribution in [-0.4, -0.2) is 36.3 Å². The van der Waals surface area contributed by atoms with Crippen molar-refractivity contribution in [3.05, 3.63) is 0 Å². The van der Waals surface area contributed by atoms with E-state index in [1.54, 1.807) is 18.7 Å². The van der Waals surface area contributed by atoms with Crippen LogP contribution < -0.4 is 5.32 Å². The molecule has 0 aromatic rings. The molecule has 0 aromatic carbocycles. The Bertz CT molecular complexity index is 198. The van der Waals surface area contributed by atoms with Gasteiger partial charge in [0.1, 0.15) is 0 Å². The van der Waals surface area contributed by atoms with Crippen molar-refractivity contribution in [2.75, 3.05) is 19.6 Å². The van der Waals surface area contributed by atoms with Crippen LogP contribution in [0, 0.1) is 5.92 Å². The first-order valence-electron chi connectivity index (χ1n) is 5.08. The molecule has 1 N–H and O–H groups in total. The molecule has 0 fully saturated rings. The molecule has 0 heterocycles. The molecule has 2 amide bonds. The predicted octanol–water partition coefficient (Wildman–Crippen LogP) is 0.627. The minimum absolute atomic E-state index is 0.0241. The summed E-state index contributed by atoms with van der Waals surface area (Å²) in [6.45, 7) is 8.93. The highest BCUT2D eigenvalue weighted by atomic mass is 16.2. The molecule has 0 saturated carbocycles. The van der Waals surface area contributed by atoms with Crippen molar-refractivity contribution in [1.29, 1.82) is 0 Å². The summed E-state index contributed by atoms with van der Waals surface area (Å²) < 4.78 is 0. The molecule has 4 heteroatoms. The zero-order valence-corrected chi connectivity index (χ0v) is 9.46. The van der Waals surface area contributed by atoms with Gasteiger partial charge in [-0.1, -0.05) is 13.8 Å². The number of hydrogen-bond donors (Lipinski definition) is 1. The molecule has 0 aromatic heterocycles. The van der Waals surface area contributed by atoms with E-state index in [4.69, 9.17) is 0 Å². The monoisotopic (exact) mass is 200 g/mol. The van der Waals surface area contributed by atoms with E-state index >= 15 is 0 Å². The smallest absolute Gasteiger partial charge is 0.241 e. The van der Waals surface area contributed by atoms with E-state index in [1.807, 2.05) is 13.8 Å². The maximum atomic E-state index is 11.4. The first-order valence-corrected chi connectivity index (χ1v) is 5.08. The molecule has 0 aliphatic rings. The first kappa shape index (κ1) is 12.9. The normalized spacial score (nSPS) is 10.1. The molecule has 0 rings (SSSR count). The average molecular weight is 200 g/mol. The summed E-state index contributed by atoms with van der Waals surface area (Å²) in [6.07, 6.45) is 0. The zero-order valence-electron chi connectivity index (χ0n) is 9.46. The van der Waals surface area contributed by atoms with Gasteiger partial charge in [0.2, 0.25) is 11.8 Å². The minimum atomic E-state index is -0.0782. The molecule has 0 atom stereocenters.